The molecule has 0 aliphatic heterocycles. The van der Waals surface area contributed by atoms with E-state index in [1.165, 1.54) is 14.2 Å². The highest BCUT2D eigenvalue weighted by molar-refractivity contribution is 5.97. The Morgan fingerprint density at radius 3 is 1.94 bits per heavy atom. The average Bonchev–Trinajstić information content (AvgIpc) is 2.80. The summed E-state index contributed by atoms with van der Waals surface area (Å²) in [6.45, 7) is 0. The number of nitrogens with one attached hydrogen (secondary N) is 1. The molecule has 5 atom stereocenters. The molecule has 1 N–H and O–H groups in total. The minimum absolute atomic E-state index is 0.00163. The second kappa shape index (κ2) is 11.8. The smallest absolute Gasteiger partial charge is 0.308 e. The number of nitriles is 1. The van der Waals surface area contributed by atoms with E-state index in [0.29, 0.717) is 25.7 Å². The van der Waals surface area contributed by atoms with Crippen molar-refractivity contribution in [2.24, 2.45) is 17.8 Å². The van der Waals surface area contributed by atoms with Crippen LogP contribution in [-0.4, -0.2) is 64.5 Å². The molecule has 0 aromatic rings. The van der Waals surface area contributed by atoms with E-state index in [2.05, 4.69) is 5.32 Å². The predicted molar refractivity (Wildman–Crippen MR) is 109 cm³/mol. The fourth-order valence-electron chi connectivity index (χ4n) is 4.62. The molecule has 0 saturated heterocycles. The minimum atomic E-state index is -0.519. The third kappa shape index (κ3) is 6.52. The highest BCUT2D eigenvalue weighted by atomic mass is 16.5. The van der Waals surface area contributed by atoms with Crippen molar-refractivity contribution in [1.29, 1.82) is 5.26 Å². The Labute approximate surface area is 183 Å². The highest BCUT2D eigenvalue weighted by Crippen LogP contribution is 2.32. The number of hydrogen-bond donors (Lipinski definition) is 1. The summed E-state index contributed by atoms with van der Waals surface area (Å²) in [6.07, 6.45) is 4.82. The quantitative estimate of drug-likeness (QED) is 0.362. The molecule has 2 fully saturated rings. The van der Waals surface area contributed by atoms with Gasteiger partial charge in [0.1, 0.15) is 11.6 Å². The van der Waals surface area contributed by atoms with E-state index in [-0.39, 0.29) is 23.7 Å². The van der Waals surface area contributed by atoms with Crippen molar-refractivity contribution in [3.63, 3.8) is 0 Å². The maximum Gasteiger partial charge on any atom is 0.308 e. The number of methoxy groups -OCH3 is 4. The van der Waals surface area contributed by atoms with Crippen LogP contribution in [-0.2, 0) is 33.3 Å². The Kier molecular flexibility index (Phi) is 9.46. The summed E-state index contributed by atoms with van der Waals surface area (Å²) in [6, 6.07) is 1.54. The Morgan fingerprint density at radius 2 is 1.45 bits per heavy atom. The number of esters is 2. The molecule has 2 aliphatic rings. The van der Waals surface area contributed by atoms with Crippen LogP contribution in [0.3, 0.4) is 0 Å². The number of rotatable bonds is 7. The fourth-order valence-corrected chi connectivity index (χ4v) is 4.62. The van der Waals surface area contributed by atoms with Crippen molar-refractivity contribution in [3.8, 4) is 6.07 Å². The van der Waals surface area contributed by atoms with Crippen molar-refractivity contribution >= 4 is 17.8 Å². The van der Waals surface area contributed by atoms with Gasteiger partial charge in [0.15, 0.2) is 0 Å². The number of ether oxygens (including phenoxy) is 4. The predicted octanol–water partition coefficient (Wildman–Crippen LogP) is 1.51. The van der Waals surface area contributed by atoms with Gasteiger partial charge in [-0.15, -0.1) is 0 Å². The van der Waals surface area contributed by atoms with Gasteiger partial charge in [-0.25, -0.2) is 0 Å². The van der Waals surface area contributed by atoms with E-state index in [9.17, 15) is 19.6 Å². The van der Waals surface area contributed by atoms with Crippen LogP contribution in [0, 0.1) is 29.1 Å². The van der Waals surface area contributed by atoms with E-state index in [0.717, 1.165) is 12.8 Å². The van der Waals surface area contributed by atoms with E-state index >= 15 is 0 Å². The first kappa shape index (κ1) is 24.8. The van der Waals surface area contributed by atoms with Crippen molar-refractivity contribution in [3.05, 3.63) is 11.6 Å². The maximum atomic E-state index is 12.8. The van der Waals surface area contributed by atoms with Crippen molar-refractivity contribution < 1.29 is 33.3 Å². The number of hydrogen-bond acceptors (Lipinski definition) is 8. The van der Waals surface area contributed by atoms with Crippen LogP contribution in [0.5, 0.6) is 0 Å². The fraction of sp³-hybridized carbons (Fsp3) is 0.727. The van der Waals surface area contributed by atoms with Crippen LogP contribution in [0.1, 0.15) is 38.5 Å². The molecule has 2 rings (SSSR count). The van der Waals surface area contributed by atoms with E-state index in [4.69, 9.17) is 18.9 Å². The third-order valence-corrected chi connectivity index (χ3v) is 6.26. The summed E-state index contributed by atoms with van der Waals surface area (Å²) in [7, 11) is 5.85. The first-order valence-corrected chi connectivity index (χ1v) is 10.5. The summed E-state index contributed by atoms with van der Waals surface area (Å²) < 4.78 is 20.6. The van der Waals surface area contributed by atoms with Crippen LogP contribution < -0.4 is 5.32 Å². The molecule has 31 heavy (non-hydrogen) atoms. The number of allylic oxidation sites excluding steroid dienone is 1. The van der Waals surface area contributed by atoms with Gasteiger partial charge >= 0.3 is 11.9 Å². The second-order valence-corrected chi connectivity index (χ2v) is 8.13. The number of nitrogens with zero attached hydrogens (tertiary/aromatic N) is 1. The summed E-state index contributed by atoms with van der Waals surface area (Å²) >= 11 is 0. The molecule has 0 aromatic carbocycles. The van der Waals surface area contributed by atoms with Gasteiger partial charge in [0.2, 0.25) is 0 Å². The van der Waals surface area contributed by atoms with Crippen LogP contribution in [0.15, 0.2) is 11.6 Å². The van der Waals surface area contributed by atoms with E-state index in [1.54, 1.807) is 20.3 Å². The topological polar surface area (TPSA) is 124 Å². The lowest BCUT2D eigenvalue weighted by Gasteiger charge is -2.33. The Balaban J connectivity index is 2.08. The molecule has 0 bridgehead atoms. The van der Waals surface area contributed by atoms with Crippen molar-refractivity contribution in [2.75, 3.05) is 28.4 Å². The molecule has 9 nitrogen and oxygen atoms in total. The lowest BCUT2D eigenvalue weighted by molar-refractivity contribution is -0.152. The molecule has 1 amide bonds. The third-order valence-electron chi connectivity index (χ3n) is 6.26. The number of carbonyl (C=O) groups is 3. The first-order chi connectivity index (χ1) is 14.9. The van der Waals surface area contributed by atoms with Gasteiger partial charge in [-0.3, -0.25) is 14.4 Å². The molecule has 2 saturated carbocycles. The molecular formula is C22H32N2O7. The van der Waals surface area contributed by atoms with Crippen LogP contribution in [0.4, 0.5) is 0 Å². The van der Waals surface area contributed by atoms with Gasteiger partial charge in [-0.2, -0.15) is 5.26 Å². The standard InChI is InChI=1S/C22H32N2O7/c1-28-18-6-5-13(8-19(18)29-2)7-16(12-23)20(25)24-17-10-14(21(26)30-3)9-15(11-17)22(27)31-4/h7,13-15,17-19H,5-6,8-11H2,1-4H3,(H,24,25). The largest absolute Gasteiger partial charge is 0.469 e. The maximum absolute atomic E-state index is 12.8. The molecule has 0 radical (unpaired) electrons. The molecule has 2 aliphatic carbocycles. The van der Waals surface area contributed by atoms with E-state index < -0.39 is 35.7 Å². The van der Waals surface area contributed by atoms with Gasteiger partial charge in [-0.1, -0.05) is 6.08 Å². The molecule has 172 valence electrons. The van der Waals surface area contributed by atoms with Crippen molar-refractivity contribution in [2.45, 2.75) is 56.8 Å². The normalized spacial score (nSPS) is 31.3. The zero-order chi connectivity index (χ0) is 23.0. The molecule has 0 spiro atoms. The lowest BCUT2D eigenvalue weighted by atomic mass is 9.78. The van der Waals surface area contributed by atoms with Gasteiger partial charge < -0.3 is 24.3 Å². The zero-order valence-electron chi connectivity index (χ0n) is 18.6. The average molecular weight is 437 g/mol. The monoisotopic (exact) mass is 436 g/mol. The zero-order valence-corrected chi connectivity index (χ0v) is 18.6. The van der Waals surface area contributed by atoms with Crippen LogP contribution >= 0.6 is 0 Å². The molecule has 0 heterocycles. The molecule has 9 heteroatoms. The SMILES string of the molecule is COC(=O)C1CC(NC(=O)C(C#N)=CC2CCC(OC)C(OC)C2)CC(C(=O)OC)C1. The van der Waals surface area contributed by atoms with Gasteiger partial charge in [0, 0.05) is 20.3 Å². The molecule has 0 aromatic heterocycles. The number of amides is 1. The first-order valence-electron chi connectivity index (χ1n) is 10.5. The van der Waals surface area contributed by atoms with Gasteiger partial charge in [0.25, 0.3) is 5.91 Å². The summed E-state index contributed by atoms with van der Waals surface area (Å²) in [5, 5.41) is 12.4. The Morgan fingerprint density at radius 1 is 0.871 bits per heavy atom. The molecule has 5 unspecified atom stereocenters. The van der Waals surface area contributed by atoms with Crippen LogP contribution in [0.25, 0.3) is 0 Å². The van der Waals surface area contributed by atoms with Gasteiger partial charge in [0.05, 0.1) is 38.3 Å². The van der Waals surface area contributed by atoms with Crippen molar-refractivity contribution in [1.82, 2.24) is 5.32 Å². The summed E-state index contributed by atoms with van der Waals surface area (Å²) in [4.78, 5) is 36.9. The van der Waals surface area contributed by atoms with Crippen LogP contribution in [0.2, 0.25) is 0 Å². The minimum Gasteiger partial charge on any atom is -0.469 e. The number of carbonyl (C=O) groups excluding carboxylic acids is 3. The summed E-state index contributed by atoms with van der Waals surface area (Å²) in [5.74, 6) is -2.38. The van der Waals surface area contributed by atoms with E-state index in [1.807, 2.05) is 6.07 Å². The molecular weight excluding hydrogens is 404 g/mol. The Hall–Kier alpha value is -2.44. The van der Waals surface area contributed by atoms with Gasteiger partial charge in [-0.05, 0) is 44.4 Å². The summed E-state index contributed by atoms with van der Waals surface area (Å²) in [5.41, 5.74) is 0.0190. The highest BCUT2D eigenvalue weighted by Gasteiger charge is 2.38. The lowest BCUT2D eigenvalue weighted by Crippen LogP contribution is -2.45. The second-order valence-electron chi connectivity index (χ2n) is 8.13. The Bertz CT molecular complexity index is 706.